The summed E-state index contributed by atoms with van der Waals surface area (Å²) in [5, 5.41) is 0. The SMILES string of the molecule is NCCCC[C@@H](N)C(=O)OB(Cc1ccccc1)Cc1ccccc1. The molecule has 2 rings (SSSR count). The lowest BCUT2D eigenvalue weighted by Crippen LogP contribution is -2.38. The van der Waals surface area contributed by atoms with E-state index in [4.69, 9.17) is 16.1 Å². The first kappa shape index (κ1) is 19.2. The van der Waals surface area contributed by atoms with E-state index in [2.05, 4.69) is 0 Å². The molecule has 0 aliphatic heterocycles. The van der Waals surface area contributed by atoms with Crippen molar-refractivity contribution in [1.29, 1.82) is 0 Å². The molecule has 2 aromatic rings. The first-order valence-corrected chi connectivity index (χ1v) is 8.93. The van der Waals surface area contributed by atoms with Gasteiger partial charge < -0.3 is 16.1 Å². The van der Waals surface area contributed by atoms with Gasteiger partial charge in [0.25, 0.3) is 0 Å². The van der Waals surface area contributed by atoms with Crippen LogP contribution in [0.5, 0.6) is 0 Å². The summed E-state index contributed by atoms with van der Waals surface area (Å²) in [6.07, 6.45) is 3.68. The van der Waals surface area contributed by atoms with E-state index in [1.807, 2.05) is 60.7 Å². The summed E-state index contributed by atoms with van der Waals surface area (Å²) >= 11 is 0. The summed E-state index contributed by atoms with van der Waals surface area (Å²) in [5.41, 5.74) is 13.8. The largest absolute Gasteiger partial charge is 0.534 e. The van der Waals surface area contributed by atoms with Crippen molar-refractivity contribution < 1.29 is 9.45 Å². The van der Waals surface area contributed by atoms with Gasteiger partial charge in [0, 0.05) is 0 Å². The highest BCUT2D eigenvalue weighted by atomic mass is 16.5. The second-order valence-electron chi connectivity index (χ2n) is 6.33. The van der Waals surface area contributed by atoms with Crippen LogP contribution in [0.3, 0.4) is 0 Å². The van der Waals surface area contributed by atoms with Crippen LogP contribution in [0.15, 0.2) is 60.7 Å². The second kappa shape index (κ2) is 10.7. The van der Waals surface area contributed by atoms with E-state index in [0.717, 1.165) is 24.0 Å². The van der Waals surface area contributed by atoms with Crippen LogP contribution in [-0.2, 0) is 22.1 Å². The van der Waals surface area contributed by atoms with Crippen LogP contribution in [0.25, 0.3) is 0 Å². The Morgan fingerprint density at radius 3 is 1.92 bits per heavy atom. The van der Waals surface area contributed by atoms with E-state index in [1.165, 1.54) is 0 Å². The predicted octanol–water partition coefficient (Wildman–Crippen LogP) is 2.54. The molecule has 0 aliphatic rings. The predicted molar refractivity (Wildman–Crippen MR) is 103 cm³/mol. The fourth-order valence-electron chi connectivity index (χ4n) is 2.79. The van der Waals surface area contributed by atoms with Crippen LogP contribution >= 0.6 is 0 Å². The number of benzene rings is 2. The minimum Gasteiger partial charge on any atom is -0.534 e. The van der Waals surface area contributed by atoms with Crippen molar-refractivity contribution in [2.75, 3.05) is 6.54 Å². The molecule has 0 heterocycles. The number of carbonyl (C=O) groups excluding carboxylic acids is 1. The van der Waals surface area contributed by atoms with Gasteiger partial charge in [-0.3, -0.25) is 4.79 Å². The molecule has 0 bridgehead atoms. The second-order valence-corrected chi connectivity index (χ2v) is 6.33. The van der Waals surface area contributed by atoms with Crippen molar-refractivity contribution in [2.24, 2.45) is 11.5 Å². The fourth-order valence-corrected chi connectivity index (χ4v) is 2.79. The monoisotopic (exact) mass is 338 g/mol. The number of hydrogen-bond acceptors (Lipinski definition) is 4. The fraction of sp³-hybridized carbons (Fsp3) is 0.350. The van der Waals surface area contributed by atoms with Crippen LogP contribution in [0.2, 0.25) is 0 Å². The molecule has 0 fully saturated rings. The quantitative estimate of drug-likeness (QED) is 0.515. The average molecular weight is 338 g/mol. The lowest BCUT2D eigenvalue weighted by Gasteiger charge is -2.18. The zero-order chi connectivity index (χ0) is 17.9. The van der Waals surface area contributed by atoms with Gasteiger partial charge in [0.1, 0.15) is 6.04 Å². The third-order valence-corrected chi connectivity index (χ3v) is 4.17. The van der Waals surface area contributed by atoms with Crippen LogP contribution < -0.4 is 11.5 Å². The Morgan fingerprint density at radius 2 is 1.44 bits per heavy atom. The number of rotatable bonds is 10. The summed E-state index contributed by atoms with van der Waals surface area (Å²) in [6.45, 7) is 0.393. The van der Waals surface area contributed by atoms with Crippen LogP contribution in [0.1, 0.15) is 30.4 Å². The van der Waals surface area contributed by atoms with Gasteiger partial charge in [-0.25, -0.2) is 0 Å². The van der Waals surface area contributed by atoms with Crippen molar-refractivity contribution in [1.82, 2.24) is 0 Å². The molecule has 5 heteroatoms. The molecule has 0 saturated carbocycles. The summed E-state index contributed by atoms with van der Waals surface area (Å²) in [7, 11) is 0. The molecule has 0 saturated heterocycles. The summed E-state index contributed by atoms with van der Waals surface area (Å²) in [6, 6.07) is 19.6. The van der Waals surface area contributed by atoms with E-state index < -0.39 is 6.04 Å². The van der Waals surface area contributed by atoms with Gasteiger partial charge in [0.2, 0.25) is 0 Å². The molecule has 0 radical (unpaired) electrons. The molecular weight excluding hydrogens is 311 g/mol. The van der Waals surface area contributed by atoms with Gasteiger partial charge in [-0.15, -0.1) is 0 Å². The zero-order valence-electron chi connectivity index (χ0n) is 14.6. The number of carbonyl (C=O) groups is 1. The molecular formula is C20H27BN2O2. The van der Waals surface area contributed by atoms with E-state index in [0.29, 0.717) is 25.6 Å². The Balaban J connectivity index is 1.99. The third kappa shape index (κ3) is 7.12. The highest BCUT2D eigenvalue weighted by Crippen LogP contribution is 2.11. The Hall–Kier alpha value is -2.11. The number of hydrogen-bond donors (Lipinski definition) is 2. The normalized spacial score (nSPS) is 11.8. The molecule has 25 heavy (non-hydrogen) atoms. The minimum absolute atomic E-state index is 0.224. The lowest BCUT2D eigenvalue weighted by atomic mass is 9.58. The molecule has 0 spiro atoms. The van der Waals surface area contributed by atoms with Crippen molar-refractivity contribution >= 4 is 12.9 Å². The number of unbranched alkanes of at least 4 members (excludes halogenated alkanes) is 1. The standard InChI is InChI=1S/C20H27BN2O2/c22-14-8-7-13-19(23)20(24)25-21(15-17-9-3-1-4-10-17)16-18-11-5-2-6-12-18/h1-6,9-12,19H,7-8,13-16,22-23H2/t19-/m1/s1. The van der Waals surface area contributed by atoms with Crippen molar-refractivity contribution in [2.45, 2.75) is 37.9 Å². The molecule has 4 N–H and O–H groups in total. The topological polar surface area (TPSA) is 78.3 Å². The number of nitrogens with two attached hydrogens (primary N) is 2. The Kier molecular flexibility index (Phi) is 8.22. The first-order valence-electron chi connectivity index (χ1n) is 8.93. The lowest BCUT2D eigenvalue weighted by molar-refractivity contribution is -0.136. The average Bonchev–Trinajstić information content (AvgIpc) is 2.63. The van der Waals surface area contributed by atoms with Crippen LogP contribution in [0, 0.1) is 0 Å². The van der Waals surface area contributed by atoms with Crippen molar-refractivity contribution in [3.05, 3.63) is 71.8 Å². The van der Waals surface area contributed by atoms with Gasteiger partial charge >= 0.3 is 12.9 Å². The molecule has 0 amide bonds. The van der Waals surface area contributed by atoms with Crippen molar-refractivity contribution in [3.63, 3.8) is 0 Å². The molecule has 1 atom stereocenters. The summed E-state index contributed by atoms with van der Waals surface area (Å²) in [4.78, 5) is 12.3. The summed E-state index contributed by atoms with van der Waals surface area (Å²) in [5.74, 6) is -0.325. The van der Waals surface area contributed by atoms with Gasteiger partial charge in [-0.1, -0.05) is 78.2 Å². The first-order chi connectivity index (χ1) is 12.2. The Labute approximate surface area is 150 Å². The Bertz CT molecular complexity index is 581. The smallest absolute Gasteiger partial charge is 0.370 e. The van der Waals surface area contributed by atoms with E-state index in [1.54, 1.807) is 0 Å². The van der Waals surface area contributed by atoms with Gasteiger partial charge in [-0.05, 0) is 32.0 Å². The molecule has 132 valence electrons. The van der Waals surface area contributed by atoms with Gasteiger partial charge in [-0.2, -0.15) is 0 Å². The van der Waals surface area contributed by atoms with Crippen LogP contribution in [-0.4, -0.2) is 25.5 Å². The maximum Gasteiger partial charge on any atom is 0.370 e. The van der Waals surface area contributed by atoms with E-state index >= 15 is 0 Å². The molecule has 0 aromatic heterocycles. The molecule has 0 unspecified atom stereocenters. The van der Waals surface area contributed by atoms with Gasteiger partial charge in [0.15, 0.2) is 0 Å². The molecule has 2 aromatic carbocycles. The molecule has 4 nitrogen and oxygen atoms in total. The van der Waals surface area contributed by atoms with Crippen molar-refractivity contribution in [3.8, 4) is 0 Å². The maximum atomic E-state index is 12.3. The van der Waals surface area contributed by atoms with E-state index in [9.17, 15) is 4.79 Å². The highest BCUT2D eigenvalue weighted by molar-refractivity contribution is 6.52. The summed E-state index contributed by atoms with van der Waals surface area (Å²) < 4.78 is 5.76. The highest BCUT2D eigenvalue weighted by Gasteiger charge is 2.25. The zero-order valence-corrected chi connectivity index (χ0v) is 14.6. The van der Waals surface area contributed by atoms with E-state index in [-0.39, 0.29) is 12.9 Å². The minimum atomic E-state index is -0.583. The maximum absolute atomic E-state index is 12.3. The van der Waals surface area contributed by atoms with Gasteiger partial charge in [0.05, 0.1) is 0 Å². The molecule has 0 aliphatic carbocycles. The Morgan fingerprint density at radius 1 is 0.920 bits per heavy atom. The third-order valence-electron chi connectivity index (χ3n) is 4.17. The van der Waals surface area contributed by atoms with Crippen LogP contribution in [0.4, 0.5) is 0 Å².